The number of aryl methyl sites for hydroxylation is 1. The summed E-state index contributed by atoms with van der Waals surface area (Å²) in [6, 6.07) is 0. The predicted molar refractivity (Wildman–Crippen MR) is 60.4 cm³/mol. The molecule has 7 nitrogen and oxygen atoms in total. The zero-order chi connectivity index (χ0) is 12.0. The lowest BCUT2D eigenvalue weighted by molar-refractivity contribution is -0.385. The van der Waals surface area contributed by atoms with Crippen LogP contribution >= 0.6 is 12.6 Å². The van der Waals surface area contributed by atoms with Gasteiger partial charge in [0.05, 0.1) is 4.92 Å². The van der Waals surface area contributed by atoms with Crippen molar-refractivity contribution in [2.75, 3.05) is 12.3 Å². The quantitative estimate of drug-likeness (QED) is 0.426. The highest BCUT2D eigenvalue weighted by Gasteiger charge is 2.09. The van der Waals surface area contributed by atoms with E-state index in [0.717, 1.165) is 6.20 Å². The average molecular weight is 244 g/mol. The van der Waals surface area contributed by atoms with Crippen LogP contribution in [0.15, 0.2) is 12.4 Å². The van der Waals surface area contributed by atoms with Crippen molar-refractivity contribution in [2.45, 2.75) is 13.0 Å². The van der Waals surface area contributed by atoms with Crippen molar-refractivity contribution < 1.29 is 9.72 Å². The minimum absolute atomic E-state index is 0.0734. The normalized spacial score (nSPS) is 10.1. The Morgan fingerprint density at radius 1 is 1.69 bits per heavy atom. The summed E-state index contributed by atoms with van der Waals surface area (Å²) in [6.07, 6.45) is 2.70. The summed E-state index contributed by atoms with van der Waals surface area (Å²) in [4.78, 5) is 21.0. The van der Waals surface area contributed by atoms with Gasteiger partial charge in [-0.1, -0.05) is 0 Å². The van der Waals surface area contributed by atoms with Gasteiger partial charge in [0.25, 0.3) is 0 Å². The van der Waals surface area contributed by atoms with E-state index in [1.807, 2.05) is 0 Å². The second-order valence-corrected chi connectivity index (χ2v) is 3.49. The number of carbonyl (C=O) groups excluding carboxylic acids is 1. The number of nitrogens with zero attached hydrogens (tertiary/aromatic N) is 3. The van der Waals surface area contributed by atoms with Crippen LogP contribution in [0.4, 0.5) is 5.69 Å². The van der Waals surface area contributed by atoms with Crippen molar-refractivity contribution in [2.24, 2.45) is 0 Å². The van der Waals surface area contributed by atoms with Crippen molar-refractivity contribution in [3.63, 3.8) is 0 Å². The molecule has 16 heavy (non-hydrogen) atoms. The Kier molecular flexibility index (Phi) is 4.77. The van der Waals surface area contributed by atoms with Crippen molar-refractivity contribution in [1.82, 2.24) is 15.1 Å². The number of nitrogens with one attached hydrogen (secondary N) is 1. The van der Waals surface area contributed by atoms with Crippen molar-refractivity contribution >= 4 is 24.2 Å². The highest BCUT2D eigenvalue weighted by Crippen LogP contribution is 2.07. The second kappa shape index (κ2) is 6.11. The van der Waals surface area contributed by atoms with E-state index in [0.29, 0.717) is 18.8 Å². The van der Waals surface area contributed by atoms with Crippen LogP contribution in [0.5, 0.6) is 0 Å². The van der Waals surface area contributed by atoms with Crippen LogP contribution in [0.1, 0.15) is 6.42 Å². The van der Waals surface area contributed by atoms with Gasteiger partial charge in [-0.15, -0.1) is 0 Å². The lowest BCUT2D eigenvalue weighted by Crippen LogP contribution is -2.26. The molecule has 8 heteroatoms. The lowest BCUT2D eigenvalue weighted by Gasteiger charge is -2.02. The average Bonchev–Trinajstić information content (AvgIpc) is 2.72. The molecule has 1 rings (SSSR count). The van der Waals surface area contributed by atoms with Gasteiger partial charge in [-0.05, 0) is 0 Å². The number of nitro groups is 1. The molecule has 0 fully saturated rings. The molecule has 0 aliphatic heterocycles. The predicted octanol–water partition coefficient (Wildman–Crippen LogP) is 0.227. The molecule has 88 valence electrons. The zero-order valence-electron chi connectivity index (χ0n) is 8.50. The molecule has 0 atom stereocenters. The van der Waals surface area contributed by atoms with Crippen LogP contribution in [0.25, 0.3) is 0 Å². The molecule has 0 unspecified atom stereocenters. The molecule has 0 spiro atoms. The van der Waals surface area contributed by atoms with Gasteiger partial charge in [-0.3, -0.25) is 19.6 Å². The molecule has 1 heterocycles. The van der Waals surface area contributed by atoms with E-state index >= 15 is 0 Å². The molecule has 1 aromatic rings. The Labute approximate surface area is 97.4 Å². The van der Waals surface area contributed by atoms with Gasteiger partial charge in [0.15, 0.2) is 0 Å². The highest BCUT2D eigenvalue weighted by molar-refractivity contribution is 7.80. The molecular formula is C8H12N4O3S. The van der Waals surface area contributed by atoms with E-state index in [1.54, 1.807) is 0 Å². The Balaban J connectivity index is 2.36. The Morgan fingerprint density at radius 3 is 3.00 bits per heavy atom. The van der Waals surface area contributed by atoms with Crippen LogP contribution in [-0.4, -0.2) is 32.9 Å². The monoisotopic (exact) mass is 244 g/mol. The third kappa shape index (κ3) is 3.89. The van der Waals surface area contributed by atoms with E-state index in [2.05, 4.69) is 23.0 Å². The fourth-order valence-electron chi connectivity index (χ4n) is 1.07. The van der Waals surface area contributed by atoms with Gasteiger partial charge in [0.2, 0.25) is 5.91 Å². The molecule has 0 aromatic carbocycles. The molecule has 0 saturated carbocycles. The van der Waals surface area contributed by atoms with Gasteiger partial charge < -0.3 is 5.32 Å². The number of thiol groups is 1. The second-order valence-electron chi connectivity index (χ2n) is 3.04. The number of carbonyl (C=O) groups is 1. The first-order valence-electron chi connectivity index (χ1n) is 4.68. The Hall–Kier alpha value is -1.57. The number of rotatable bonds is 6. The van der Waals surface area contributed by atoms with Gasteiger partial charge >= 0.3 is 5.69 Å². The molecule has 0 bridgehead atoms. The molecular weight excluding hydrogens is 232 g/mol. The smallest absolute Gasteiger partial charge is 0.306 e. The number of amides is 1. The maximum atomic E-state index is 11.2. The number of hydrogen-bond acceptors (Lipinski definition) is 5. The summed E-state index contributed by atoms with van der Waals surface area (Å²) < 4.78 is 1.37. The highest BCUT2D eigenvalue weighted by atomic mass is 32.1. The summed E-state index contributed by atoms with van der Waals surface area (Å²) in [7, 11) is 0. The maximum Gasteiger partial charge on any atom is 0.306 e. The van der Waals surface area contributed by atoms with Gasteiger partial charge in [0.1, 0.15) is 12.4 Å². The van der Waals surface area contributed by atoms with E-state index in [-0.39, 0.29) is 18.0 Å². The Bertz CT molecular complexity index is 379. The molecule has 1 amide bonds. The van der Waals surface area contributed by atoms with E-state index in [9.17, 15) is 14.9 Å². The third-order valence-corrected chi connectivity index (χ3v) is 2.06. The zero-order valence-corrected chi connectivity index (χ0v) is 9.39. The summed E-state index contributed by atoms with van der Waals surface area (Å²) in [6.45, 7) is 0.841. The van der Waals surface area contributed by atoms with Gasteiger partial charge in [-0.25, -0.2) is 0 Å². The van der Waals surface area contributed by atoms with E-state index in [4.69, 9.17) is 0 Å². The fraction of sp³-hybridized carbons (Fsp3) is 0.500. The first-order chi connectivity index (χ1) is 7.63. The number of hydrogen-bond donors (Lipinski definition) is 2. The topological polar surface area (TPSA) is 90.1 Å². The minimum Gasteiger partial charge on any atom is -0.355 e. The van der Waals surface area contributed by atoms with Crippen molar-refractivity contribution in [1.29, 1.82) is 0 Å². The van der Waals surface area contributed by atoms with Crippen LogP contribution in [0.3, 0.4) is 0 Å². The standard InChI is InChI=1S/C8H12N4O3S/c13-8(9-2-4-16)1-3-11-6-7(5-10-11)12(14)15/h5-6,16H,1-4H2,(H,9,13). The van der Waals surface area contributed by atoms with Crippen molar-refractivity contribution in [3.05, 3.63) is 22.5 Å². The minimum atomic E-state index is -0.523. The maximum absolute atomic E-state index is 11.2. The summed E-state index contributed by atoms with van der Waals surface area (Å²) >= 11 is 3.95. The SMILES string of the molecule is O=C(CCn1cc([N+](=O)[O-])cn1)NCCS. The fourth-order valence-corrected chi connectivity index (χ4v) is 1.18. The van der Waals surface area contributed by atoms with Crippen molar-refractivity contribution in [3.8, 4) is 0 Å². The summed E-state index contributed by atoms with van der Waals surface area (Å²) in [5.74, 6) is 0.464. The van der Waals surface area contributed by atoms with Crippen LogP contribution in [0.2, 0.25) is 0 Å². The molecule has 1 N–H and O–H groups in total. The molecule has 0 radical (unpaired) electrons. The Morgan fingerprint density at radius 2 is 2.44 bits per heavy atom. The largest absolute Gasteiger partial charge is 0.355 e. The van der Waals surface area contributed by atoms with Gasteiger partial charge in [0, 0.05) is 25.3 Å². The molecule has 0 aliphatic rings. The lowest BCUT2D eigenvalue weighted by atomic mass is 10.4. The molecule has 1 aromatic heterocycles. The molecule has 0 saturated heterocycles. The third-order valence-electron chi connectivity index (χ3n) is 1.83. The number of aromatic nitrogens is 2. The van der Waals surface area contributed by atoms with Gasteiger partial charge in [-0.2, -0.15) is 17.7 Å². The first-order valence-corrected chi connectivity index (χ1v) is 5.31. The van der Waals surface area contributed by atoms with E-state index < -0.39 is 4.92 Å². The molecule has 0 aliphatic carbocycles. The first kappa shape index (κ1) is 12.5. The summed E-state index contributed by atoms with van der Waals surface area (Å²) in [5.41, 5.74) is -0.0734. The van der Waals surface area contributed by atoms with E-state index in [1.165, 1.54) is 10.9 Å². The van der Waals surface area contributed by atoms with Crippen LogP contribution < -0.4 is 5.32 Å². The van der Waals surface area contributed by atoms with Crippen LogP contribution in [-0.2, 0) is 11.3 Å². The van der Waals surface area contributed by atoms with Crippen LogP contribution in [0, 0.1) is 10.1 Å². The summed E-state index contributed by atoms with van der Waals surface area (Å²) in [5, 5.41) is 16.8.